The first-order valence-corrected chi connectivity index (χ1v) is 9.62. The average Bonchev–Trinajstić information content (AvgIpc) is 2.74. The molecule has 2 aromatic carbocycles. The van der Waals surface area contributed by atoms with E-state index in [-0.39, 0.29) is 17.2 Å². The van der Waals surface area contributed by atoms with Gasteiger partial charge in [-0.1, -0.05) is 66.7 Å². The van der Waals surface area contributed by atoms with Crippen LogP contribution in [0.25, 0.3) is 16.9 Å². The zero-order valence-electron chi connectivity index (χ0n) is 15.1. The number of hydrogen-bond acceptors (Lipinski definition) is 4. The van der Waals surface area contributed by atoms with Crippen LogP contribution in [-0.4, -0.2) is 20.4 Å². The van der Waals surface area contributed by atoms with Crippen molar-refractivity contribution in [3.8, 4) is 22.8 Å². The first kappa shape index (κ1) is 18.8. The SMILES string of the molecule is O=C(c1ccccc1)c1c(-c2ccccc2)cc(=O)n(-c2cccc(Br)n2)c1O. The monoisotopic (exact) mass is 446 g/mol. The Kier molecular flexibility index (Phi) is 5.10. The molecule has 0 aliphatic carbocycles. The van der Waals surface area contributed by atoms with E-state index in [2.05, 4.69) is 20.9 Å². The topological polar surface area (TPSA) is 72.2 Å². The Morgan fingerprint density at radius 1 is 0.897 bits per heavy atom. The van der Waals surface area contributed by atoms with Crippen LogP contribution in [-0.2, 0) is 0 Å². The molecule has 6 heteroatoms. The van der Waals surface area contributed by atoms with E-state index in [9.17, 15) is 14.7 Å². The van der Waals surface area contributed by atoms with Crippen LogP contribution in [0.5, 0.6) is 5.88 Å². The van der Waals surface area contributed by atoms with Crippen LogP contribution in [0.2, 0.25) is 0 Å². The summed E-state index contributed by atoms with van der Waals surface area (Å²) in [7, 11) is 0. The normalized spacial score (nSPS) is 10.7. The van der Waals surface area contributed by atoms with Gasteiger partial charge in [-0.25, -0.2) is 9.55 Å². The summed E-state index contributed by atoms with van der Waals surface area (Å²) >= 11 is 3.27. The lowest BCUT2D eigenvalue weighted by Crippen LogP contribution is -2.22. The van der Waals surface area contributed by atoms with Gasteiger partial charge in [0.1, 0.15) is 10.4 Å². The largest absolute Gasteiger partial charge is 0.494 e. The number of aromatic hydroxyl groups is 1. The molecule has 4 rings (SSSR count). The minimum absolute atomic E-state index is 0.0452. The molecule has 0 aliphatic rings. The smallest absolute Gasteiger partial charge is 0.259 e. The fourth-order valence-corrected chi connectivity index (χ4v) is 3.48. The summed E-state index contributed by atoms with van der Waals surface area (Å²) in [5.41, 5.74) is 0.995. The second kappa shape index (κ2) is 7.85. The van der Waals surface area contributed by atoms with Gasteiger partial charge in [0.2, 0.25) is 5.88 Å². The standard InChI is InChI=1S/C23H15BrN2O3/c24-18-12-7-13-19(25-18)26-20(27)14-17(15-8-3-1-4-9-15)21(23(26)29)22(28)16-10-5-2-6-11-16/h1-14,29H. The third kappa shape index (κ3) is 3.62. The highest BCUT2D eigenvalue weighted by atomic mass is 79.9. The van der Waals surface area contributed by atoms with Crippen LogP contribution in [0.4, 0.5) is 0 Å². The van der Waals surface area contributed by atoms with Gasteiger partial charge in [-0.05, 0) is 33.6 Å². The Labute approximate surface area is 175 Å². The highest BCUT2D eigenvalue weighted by Gasteiger charge is 2.24. The van der Waals surface area contributed by atoms with Gasteiger partial charge < -0.3 is 5.11 Å². The van der Waals surface area contributed by atoms with Crippen LogP contribution in [0.15, 0.2) is 94.3 Å². The number of carbonyl (C=O) groups is 1. The van der Waals surface area contributed by atoms with E-state index in [1.165, 1.54) is 6.07 Å². The Bertz CT molecular complexity index is 1250. The molecular formula is C23H15BrN2O3. The molecule has 5 nitrogen and oxygen atoms in total. The van der Waals surface area contributed by atoms with Crippen LogP contribution in [0.3, 0.4) is 0 Å². The predicted molar refractivity (Wildman–Crippen MR) is 115 cm³/mol. The van der Waals surface area contributed by atoms with Gasteiger partial charge in [0, 0.05) is 17.2 Å². The summed E-state index contributed by atoms with van der Waals surface area (Å²) in [4.78, 5) is 30.5. The molecular weight excluding hydrogens is 432 g/mol. The molecule has 2 heterocycles. The van der Waals surface area contributed by atoms with E-state index in [0.29, 0.717) is 21.3 Å². The summed E-state index contributed by atoms with van der Waals surface area (Å²) in [5, 5.41) is 11.1. The molecule has 0 spiro atoms. The summed E-state index contributed by atoms with van der Waals surface area (Å²) in [6.45, 7) is 0. The van der Waals surface area contributed by atoms with Gasteiger partial charge in [0.25, 0.3) is 5.56 Å². The van der Waals surface area contributed by atoms with Gasteiger partial charge in [0.15, 0.2) is 5.78 Å². The molecule has 0 unspecified atom stereocenters. The summed E-state index contributed by atoms with van der Waals surface area (Å²) < 4.78 is 1.54. The molecule has 0 bridgehead atoms. The van der Waals surface area contributed by atoms with Crippen molar-refractivity contribution < 1.29 is 9.90 Å². The van der Waals surface area contributed by atoms with Crippen molar-refractivity contribution in [1.82, 2.24) is 9.55 Å². The first-order chi connectivity index (χ1) is 14.1. The van der Waals surface area contributed by atoms with Crippen molar-refractivity contribution >= 4 is 21.7 Å². The van der Waals surface area contributed by atoms with Crippen LogP contribution in [0, 0.1) is 0 Å². The van der Waals surface area contributed by atoms with Crippen molar-refractivity contribution in [1.29, 1.82) is 0 Å². The average molecular weight is 447 g/mol. The number of nitrogens with zero attached hydrogens (tertiary/aromatic N) is 2. The van der Waals surface area contributed by atoms with E-state index >= 15 is 0 Å². The lowest BCUT2D eigenvalue weighted by molar-refractivity contribution is 0.103. The highest BCUT2D eigenvalue weighted by Crippen LogP contribution is 2.32. The van der Waals surface area contributed by atoms with Gasteiger partial charge in [0.05, 0.1) is 5.56 Å². The van der Waals surface area contributed by atoms with Crippen molar-refractivity contribution in [3.63, 3.8) is 0 Å². The van der Waals surface area contributed by atoms with Crippen LogP contribution < -0.4 is 5.56 Å². The van der Waals surface area contributed by atoms with Crippen molar-refractivity contribution in [2.75, 3.05) is 0 Å². The molecule has 142 valence electrons. The van der Waals surface area contributed by atoms with E-state index in [1.54, 1.807) is 60.7 Å². The zero-order valence-corrected chi connectivity index (χ0v) is 16.7. The third-order valence-electron chi connectivity index (χ3n) is 4.47. The Morgan fingerprint density at radius 2 is 1.55 bits per heavy atom. The molecule has 4 aromatic rings. The molecule has 0 atom stereocenters. The second-order valence-corrected chi connectivity index (χ2v) is 7.12. The number of ketones is 1. The van der Waals surface area contributed by atoms with Crippen molar-refractivity contribution in [3.05, 3.63) is 111 Å². The molecule has 0 aliphatic heterocycles. The minimum atomic E-state index is -0.489. The number of halogens is 1. The van der Waals surface area contributed by atoms with Crippen LogP contribution >= 0.6 is 15.9 Å². The Morgan fingerprint density at radius 3 is 2.21 bits per heavy atom. The van der Waals surface area contributed by atoms with Crippen molar-refractivity contribution in [2.24, 2.45) is 0 Å². The maximum absolute atomic E-state index is 13.3. The molecule has 29 heavy (non-hydrogen) atoms. The van der Waals surface area contributed by atoms with Gasteiger partial charge in [-0.15, -0.1) is 0 Å². The lowest BCUT2D eigenvalue weighted by atomic mass is 9.95. The fourth-order valence-electron chi connectivity index (χ4n) is 3.14. The minimum Gasteiger partial charge on any atom is -0.494 e. The number of pyridine rings is 2. The van der Waals surface area contributed by atoms with Crippen molar-refractivity contribution in [2.45, 2.75) is 0 Å². The Balaban J connectivity index is 2.03. The quantitative estimate of drug-likeness (QED) is 0.367. The fraction of sp³-hybridized carbons (Fsp3) is 0. The number of carbonyl (C=O) groups excluding carboxylic acids is 1. The number of aromatic nitrogens is 2. The van der Waals surface area contributed by atoms with Gasteiger partial charge in [-0.3, -0.25) is 9.59 Å². The maximum Gasteiger partial charge on any atom is 0.259 e. The lowest BCUT2D eigenvalue weighted by Gasteiger charge is -2.16. The molecule has 2 aromatic heterocycles. The van der Waals surface area contributed by atoms with E-state index in [0.717, 1.165) is 4.57 Å². The van der Waals surface area contributed by atoms with Gasteiger partial charge >= 0.3 is 0 Å². The summed E-state index contributed by atoms with van der Waals surface area (Å²) in [5.74, 6) is -0.620. The van der Waals surface area contributed by atoms with E-state index < -0.39 is 11.4 Å². The number of hydrogen-bond donors (Lipinski definition) is 1. The molecule has 0 radical (unpaired) electrons. The second-order valence-electron chi connectivity index (χ2n) is 6.31. The summed E-state index contributed by atoms with van der Waals surface area (Å²) in [6.07, 6.45) is 0. The highest BCUT2D eigenvalue weighted by molar-refractivity contribution is 9.10. The number of benzene rings is 2. The molecule has 1 N–H and O–H groups in total. The molecule has 0 saturated carbocycles. The molecule has 0 fully saturated rings. The van der Waals surface area contributed by atoms with E-state index in [4.69, 9.17) is 0 Å². The Hall–Kier alpha value is -3.51. The van der Waals surface area contributed by atoms with E-state index in [1.807, 2.05) is 18.2 Å². The molecule has 0 saturated heterocycles. The first-order valence-electron chi connectivity index (χ1n) is 8.83. The number of rotatable bonds is 4. The predicted octanol–water partition coefficient (Wildman–Crippen LogP) is 4.60. The third-order valence-corrected chi connectivity index (χ3v) is 4.91. The van der Waals surface area contributed by atoms with Gasteiger partial charge in [-0.2, -0.15) is 0 Å². The zero-order chi connectivity index (χ0) is 20.4. The van der Waals surface area contributed by atoms with Crippen LogP contribution in [0.1, 0.15) is 15.9 Å². The molecule has 0 amide bonds. The maximum atomic E-state index is 13.3. The summed E-state index contributed by atoms with van der Waals surface area (Å²) in [6, 6.07) is 24.0.